The number of non-ortho nitro benzene ring substituents is 1. The smallest absolute Gasteiger partial charge is 0.363 e. The first-order valence-electron chi connectivity index (χ1n) is 7.44. The Hall–Kier alpha value is -2.30. The van der Waals surface area contributed by atoms with Crippen molar-refractivity contribution in [1.82, 2.24) is 0 Å². The monoisotopic (exact) mass is 394 g/mol. The van der Waals surface area contributed by atoms with Crippen LogP contribution in [0.15, 0.2) is 23.0 Å². The zero-order chi connectivity index (χ0) is 19.3. The van der Waals surface area contributed by atoms with Gasteiger partial charge in [-0.3, -0.25) is 14.9 Å². The summed E-state index contributed by atoms with van der Waals surface area (Å²) in [5.74, 6) is -2.81. The lowest BCUT2D eigenvalue weighted by Gasteiger charge is -2.32. The van der Waals surface area contributed by atoms with Crippen LogP contribution in [0.4, 0.5) is 32.6 Å². The second-order valence-electron chi connectivity index (χ2n) is 5.92. The molecule has 3 rings (SSSR count). The van der Waals surface area contributed by atoms with E-state index in [0.29, 0.717) is 12.1 Å². The van der Waals surface area contributed by atoms with Gasteiger partial charge in [-0.25, -0.2) is 8.78 Å². The van der Waals surface area contributed by atoms with E-state index in [0.717, 1.165) is 17.4 Å². The molecule has 26 heavy (non-hydrogen) atoms. The maximum atomic E-state index is 13.3. The average Bonchev–Trinajstić information content (AvgIpc) is 2.52. The van der Waals surface area contributed by atoms with Crippen molar-refractivity contribution in [2.45, 2.75) is 24.9 Å². The fraction of sp³-hybridized carbons (Fsp3) is 0.400. The van der Waals surface area contributed by atoms with Crippen molar-refractivity contribution in [3.05, 3.63) is 44.1 Å². The SMILES string of the molecule is O=c1cc(N2CCC(F)(F)CC2)sc2c([N+](=O)[O-])cc(C(F)(F)F)cc12. The molecule has 0 saturated carbocycles. The maximum absolute atomic E-state index is 13.3. The van der Waals surface area contributed by atoms with Crippen molar-refractivity contribution >= 4 is 32.1 Å². The third kappa shape index (κ3) is 3.48. The van der Waals surface area contributed by atoms with Gasteiger partial charge in [0.05, 0.1) is 15.5 Å². The van der Waals surface area contributed by atoms with Gasteiger partial charge in [-0.2, -0.15) is 13.2 Å². The topological polar surface area (TPSA) is 63.5 Å². The Labute approximate surface area is 146 Å². The number of nitro groups is 1. The van der Waals surface area contributed by atoms with Gasteiger partial charge in [0.2, 0.25) is 0 Å². The zero-order valence-corrected chi connectivity index (χ0v) is 13.8. The Balaban J connectivity index is 2.15. The summed E-state index contributed by atoms with van der Waals surface area (Å²) in [4.78, 5) is 24.0. The first-order valence-corrected chi connectivity index (χ1v) is 8.26. The lowest BCUT2D eigenvalue weighted by molar-refractivity contribution is -0.383. The number of piperidine rings is 1. The van der Waals surface area contributed by atoms with Crippen LogP contribution in [0.3, 0.4) is 0 Å². The molecule has 0 bridgehead atoms. The Morgan fingerprint density at radius 2 is 1.77 bits per heavy atom. The fourth-order valence-electron chi connectivity index (χ4n) is 2.74. The first-order chi connectivity index (χ1) is 12.0. The highest BCUT2D eigenvalue weighted by atomic mass is 32.1. The van der Waals surface area contributed by atoms with Gasteiger partial charge >= 0.3 is 6.18 Å². The van der Waals surface area contributed by atoms with Crippen LogP contribution in [0.1, 0.15) is 18.4 Å². The van der Waals surface area contributed by atoms with Crippen molar-refractivity contribution in [3.8, 4) is 0 Å². The van der Waals surface area contributed by atoms with E-state index < -0.39 is 51.9 Å². The van der Waals surface area contributed by atoms with Gasteiger partial charge in [0.15, 0.2) is 5.43 Å². The molecular formula is C15H11F5N2O3S. The predicted molar refractivity (Wildman–Crippen MR) is 86.1 cm³/mol. The van der Waals surface area contributed by atoms with E-state index in [4.69, 9.17) is 0 Å². The Morgan fingerprint density at radius 3 is 2.31 bits per heavy atom. The number of halogens is 5. The lowest BCUT2D eigenvalue weighted by atomic mass is 10.1. The lowest BCUT2D eigenvalue weighted by Crippen LogP contribution is -2.39. The summed E-state index contributed by atoms with van der Waals surface area (Å²) in [6.45, 7) is -0.105. The largest absolute Gasteiger partial charge is 0.416 e. The molecule has 140 valence electrons. The van der Waals surface area contributed by atoms with E-state index in [-0.39, 0.29) is 22.8 Å². The fourth-order valence-corrected chi connectivity index (χ4v) is 3.93. The van der Waals surface area contributed by atoms with Crippen LogP contribution >= 0.6 is 11.3 Å². The number of alkyl halides is 5. The molecule has 2 aromatic rings. The molecule has 0 aliphatic carbocycles. The van der Waals surface area contributed by atoms with Crippen molar-refractivity contribution in [2.24, 2.45) is 0 Å². The Kier molecular flexibility index (Phi) is 4.37. The number of anilines is 1. The quantitative estimate of drug-likeness (QED) is 0.430. The number of nitrogens with zero attached hydrogens (tertiary/aromatic N) is 2. The molecule has 1 aliphatic rings. The average molecular weight is 394 g/mol. The van der Waals surface area contributed by atoms with Gasteiger partial charge in [-0.05, 0) is 6.07 Å². The standard InChI is InChI=1S/C15H11F5N2O3S/c16-14(17)1-3-21(4-2-14)12-7-11(23)9-5-8(15(18,19)20)6-10(22(24)25)13(9)26-12/h5-7H,1-4H2. The molecule has 0 radical (unpaired) electrons. The van der Waals surface area contributed by atoms with Gasteiger partial charge in [0, 0.05) is 43.5 Å². The third-order valence-corrected chi connectivity index (χ3v) is 5.35. The Morgan fingerprint density at radius 1 is 1.15 bits per heavy atom. The number of rotatable bonds is 2. The van der Waals surface area contributed by atoms with E-state index in [1.807, 2.05) is 0 Å². The normalized spacial score (nSPS) is 17.5. The van der Waals surface area contributed by atoms with Crippen LogP contribution in [-0.2, 0) is 6.18 Å². The van der Waals surface area contributed by atoms with E-state index in [1.54, 1.807) is 0 Å². The van der Waals surface area contributed by atoms with Crippen LogP contribution in [-0.4, -0.2) is 23.9 Å². The summed E-state index contributed by atoms with van der Waals surface area (Å²) in [7, 11) is 0. The number of hydrogen-bond acceptors (Lipinski definition) is 5. The summed E-state index contributed by atoms with van der Waals surface area (Å²) >= 11 is 0.754. The van der Waals surface area contributed by atoms with Gasteiger partial charge in [0.25, 0.3) is 11.6 Å². The van der Waals surface area contributed by atoms with E-state index in [1.165, 1.54) is 4.90 Å². The summed E-state index contributed by atoms with van der Waals surface area (Å²) in [5.41, 5.74) is -2.94. The molecule has 2 heterocycles. The van der Waals surface area contributed by atoms with E-state index in [9.17, 15) is 36.9 Å². The molecule has 1 aliphatic heterocycles. The molecule has 0 spiro atoms. The second-order valence-corrected chi connectivity index (χ2v) is 6.95. The van der Waals surface area contributed by atoms with Crippen molar-refractivity contribution in [2.75, 3.05) is 18.0 Å². The van der Waals surface area contributed by atoms with Crippen LogP contribution in [0.2, 0.25) is 0 Å². The number of fused-ring (bicyclic) bond motifs is 1. The van der Waals surface area contributed by atoms with Gasteiger partial charge in [-0.1, -0.05) is 0 Å². The molecule has 1 aromatic carbocycles. The summed E-state index contributed by atoms with van der Waals surface area (Å²) in [5, 5.41) is 11.0. The van der Waals surface area contributed by atoms with Crippen LogP contribution in [0, 0.1) is 10.1 Å². The van der Waals surface area contributed by atoms with Crippen molar-refractivity contribution in [1.29, 1.82) is 0 Å². The van der Waals surface area contributed by atoms with E-state index in [2.05, 4.69) is 0 Å². The molecule has 5 nitrogen and oxygen atoms in total. The number of hydrogen-bond donors (Lipinski definition) is 0. The Bertz CT molecular complexity index is 931. The first kappa shape index (κ1) is 18.5. The highest BCUT2D eigenvalue weighted by Gasteiger charge is 2.36. The molecule has 1 aromatic heterocycles. The molecule has 1 saturated heterocycles. The minimum absolute atomic E-state index is 0.0527. The number of nitro benzene ring substituents is 1. The molecule has 11 heteroatoms. The summed E-state index contributed by atoms with van der Waals surface area (Å²) in [6.07, 6.45) is -5.70. The highest BCUT2D eigenvalue weighted by molar-refractivity contribution is 7.22. The van der Waals surface area contributed by atoms with E-state index >= 15 is 0 Å². The molecule has 1 fully saturated rings. The van der Waals surface area contributed by atoms with Crippen molar-refractivity contribution in [3.63, 3.8) is 0 Å². The maximum Gasteiger partial charge on any atom is 0.416 e. The summed E-state index contributed by atoms with van der Waals surface area (Å²) < 4.78 is 65.1. The minimum Gasteiger partial charge on any atom is -0.363 e. The van der Waals surface area contributed by atoms with Crippen LogP contribution in [0.25, 0.3) is 10.1 Å². The van der Waals surface area contributed by atoms with Crippen molar-refractivity contribution < 1.29 is 26.9 Å². The predicted octanol–water partition coefficient (Wildman–Crippen LogP) is 4.42. The van der Waals surface area contributed by atoms with Crippen LogP contribution < -0.4 is 10.3 Å². The highest BCUT2D eigenvalue weighted by Crippen LogP contribution is 2.40. The summed E-state index contributed by atoms with van der Waals surface area (Å²) in [6, 6.07) is 2.00. The van der Waals surface area contributed by atoms with Gasteiger partial charge < -0.3 is 4.90 Å². The molecule has 0 unspecified atom stereocenters. The van der Waals surface area contributed by atoms with Crippen LogP contribution in [0.5, 0.6) is 0 Å². The van der Waals surface area contributed by atoms with Gasteiger partial charge in [0.1, 0.15) is 4.70 Å². The zero-order valence-electron chi connectivity index (χ0n) is 13.0. The molecule has 0 atom stereocenters. The molecule has 0 amide bonds. The molecule has 0 N–H and O–H groups in total. The second kappa shape index (κ2) is 6.15. The minimum atomic E-state index is -4.84. The third-order valence-electron chi connectivity index (χ3n) is 4.13. The molecular weight excluding hydrogens is 383 g/mol. The van der Waals surface area contributed by atoms with Gasteiger partial charge in [-0.15, -0.1) is 11.3 Å². The number of benzene rings is 1.